The molecule has 12 rings (SSSR count). The SMILES string of the molecule is c1ccc(-c2ccc(C3N=C(c4cccc5c(-c6cccc7oc8ccccc8c67)cccc45)N=C(c4ccc5c(ccc6ccccc65)c4)N3)c3ccccc23)cc1. The van der Waals surface area contributed by atoms with E-state index in [0.29, 0.717) is 5.84 Å². The number of amidine groups is 2. The van der Waals surface area contributed by atoms with Crippen LogP contribution in [0.2, 0.25) is 0 Å². The highest BCUT2D eigenvalue weighted by Gasteiger charge is 2.25. The highest BCUT2D eigenvalue weighted by molar-refractivity contribution is 6.21. The first kappa shape index (κ1) is 33.3. The van der Waals surface area contributed by atoms with E-state index in [4.69, 9.17) is 14.4 Å². The van der Waals surface area contributed by atoms with Gasteiger partial charge in [0.2, 0.25) is 0 Å². The molecular formula is C55H35N3O. The van der Waals surface area contributed by atoms with E-state index < -0.39 is 6.17 Å². The zero-order valence-corrected chi connectivity index (χ0v) is 31.9. The summed E-state index contributed by atoms with van der Waals surface area (Å²) in [6.07, 6.45) is -0.399. The minimum absolute atomic E-state index is 0.399. The molecule has 0 radical (unpaired) electrons. The lowest BCUT2D eigenvalue weighted by Crippen LogP contribution is -2.33. The molecule has 1 N–H and O–H groups in total. The zero-order chi connectivity index (χ0) is 38.9. The third kappa shape index (κ3) is 5.45. The summed E-state index contributed by atoms with van der Waals surface area (Å²) in [7, 11) is 0. The Morgan fingerprint density at radius 1 is 0.390 bits per heavy atom. The van der Waals surface area contributed by atoms with Gasteiger partial charge >= 0.3 is 0 Å². The van der Waals surface area contributed by atoms with Crippen molar-refractivity contribution in [2.24, 2.45) is 9.98 Å². The fraction of sp³-hybridized carbons (Fsp3) is 0.0182. The van der Waals surface area contributed by atoms with Gasteiger partial charge in [0.05, 0.1) is 0 Å². The third-order valence-electron chi connectivity index (χ3n) is 12.0. The number of furan rings is 1. The molecule has 4 heteroatoms. The van der Waals surface area contributed by atoms with E-state index in [9.17, 15) is 0 Å². The predicted octanol–water partition coefficient (Wildman–Crippen LogP) is 14.0. The fourth-order valence-electron chi connectivity index (χ4n) is 9.21. The second-order valence-corrected chi connectivity index (χ2v) is 15.3. The van der Waals surface area contributed by atoms with Crippen molar-refractivity contribution in [2.75, 3.05) is 0 Å². The average Bonchev–Trinajstić information content (AvgIpc) is 3.70. The Hall–Kier alpha value is -7.82. The van der Waals surface area contributed by atoms with Crippen molar-refractivity contribution in [3.63, 3.8) is 0 Å². The highest BCUT2D eigenvalue weighted by atomic mass is 16.3. The van der Waals surface area contributed by atoms with Crippen LogP contribution in [0.25, 0.3) is 87.3 Å². The normalized spacial score (nSPS) is 14.3. The maximum atomic E-state index is 6.32. The molecule has 0 amide bonds. The molecule has 1 aromatic heterocycles. The van der Waals surface area contributed by atoms with Crippen molar-refractivity contribution < 1.29 is 4.42 Å². The molecule has 10 aromatic carbocycles. The lowest BCUT2D eigenvalue weighted by Gasteiger charge is -2.26. The summed E-state index contributed by atoms with van der Waals surface area (Å²) in [6, 6.07) is 71.1. The second-order valence-electron chi connectivity index (χ2n) is 15.3. The van der Waals surface area contributed by atoms with Crippen LogP contribution >= 0.6 is 0 Å². The maximum Gasteiger partial charge on any atom is 0.160 e. The van der Waals surface area contributed by atoms with E-state index in [1.165, 1.54) is 38.1 Å². The Balaban J connectivity index is 1.06. The molecular weight excluding hydrogens is 719 g/mol. The van der Waals surface area contributed by atoms with Crippen LogP contribution in [0.3, 0.4) is 0 Å². The molecule has 0 saturated carbocycles. The maximum absolute atomic E-state index is 6.32. The molecule has 1 unspecified atom stereocenters. The Bertz CT molecular complexity index is 3540. The molecule has 0 spiro atoms. The Labute approximate surface area is 340 Å². The molecule has 11 aromatic rings. The van der Waals surface area contributed by atoms with Crippen molar-refractivity contribution >= 4 is 76.7 Å². The summed E-state index contributed by atoms with van der Waals surface area (Å²) in [6.45, 7) is 0. The largest absolute Gasteiger partial charge is 0.456 e. The quantitative estimate of drug-likeness (QED) is 0.178. The fourth-order valence-corrected chi connectivity index (χ4v) is 9.21. The van der Waals surface area contributed by atoms with E-state index in [-0.39, 0.29) is 0 Å². The lowest BCUT2D eigenvalue weighted by atomic mass is 9.92. The summed E-state index contributed by atoms with van der Waals surface area (Å²) >= 11 is 0. The van der Waals surface area contributed by atoms with E-state index in [0.717, 1.165) is 71.8 Å². The van der Waals surface area contributed by atoms with Crippen LogP contribution < -0.4 is 5.32 Å². The van der Waals surface area contributed by atoms with Crippen LogP contribution in [0.5, 0.6) is 0 Å². The molecule has 0 saturated heterocycles. The van der Waals surface area contributed by atoms with Gasteiger partial charge in [-0.05, 0) is 83.5 Å². The standard InChI is InChI=1S/C55H35N3O/c1-2-13-34(14-3-1)39-31-32-48(44-18-7-6-17-41(39)44)55-57-53(37-29-30-40-36(33-37)28-27-35-15-4-5-16-38(35)40)56-54(58-55)47-24-11-20-42-43(21-10-22-45(42)47)46-23-12-26-51-52(46)49-19-8-9-25-50(49)59-51/h1-33,55H,(H,56,57,58). The number of nitrogens with zero attached hydrogens (tertiary/aromatic N) is 2. The number of aliphatic imine (C=N–C) groups is 2. The highest BCUT2D eigenvalue weighted by Crippen LogP contribution is 2.41. The summed E-state index contributed by atoms with van der Waals surface area (Å²) < 4.78 is 6.32. The van der Waals surface area contributed by atoms with E-state index >= 15 is 0 Å². The number of hydrogen-bond donors (Lipinski definition) is 1. The van der Waals surface area contributed by atoms with E-state index in [2.05, 4.69) is 193 Å². The van der Waals surface area contributed by atoms with Crippen molar-refractivity contribution in [1.29, 1.82) is 0 Å². The molecule has 2 heterocycles. The van der Waals surface area contributed by atoms with Crippen LogP contribution in [-0.2, 0) is 0 Å². The van der Waals surface area contributed by atoms with Gasteiger partial charge in [-0.1, -0.05) is 182 Å². The van der Waals surface area contributed by atoms with Crippen molar-refractivity contribution in [1.82, 2.24) is 5.32 Å². The van der Waals surface area contributed by atoms with Gasteiger partial charge in [0.15, 0.2) is 5.84 Å². The minimum Gasteiger partial charge on any atom is -0.456 e. The number of fused-ring (bicyclic) bond motifs is 8. The molecule has 1 aliphatic heterocycles. The van der Waals surface area contributed by atoms with Gasteiger partial charge in [-0.3, -0.25) is 0 Å². The summed E-state index contributed by atoms with van der Waals surface area (Å²) in [5, 5.41) is 15.5. The number of nitrogens with one attached hydrogen (secondary N) is 1. The Kier molecular flexibility index (Phi) is 7.57. The van der Waals surface area contributed by atoms with Gasteiger partial charge in [0, 0.05) is 27.5 Å². The van der Waals surface area contributed by atoms with Gasteiger partial charge in [-0.25, -0.2) is 9.98 Å². The first-order chi connectivity index (χ1) is 29.2. The number of para-hydroxylation sites is 1. The van der Waals surface area contributed by atoms with Crippen molar-refractivity contribution in [2.45, 2.75) is 6.17 Å². The molecule has 4 nitrogen and oxygen atoms in total. The predicted molar refractivity (Wildman–Crippen MR) is 246 cm³/mol. The summed E-state index contributed by atoms with van der Waals surface area (Å²) in [5.74, 6) is 1.47. The van der Waals surface area contributed by atoms with E-state index in [1.807, 2.05) is 12.1 Å². The van der Waals surface area contributed by atoms with Gasteiger partial charge in [-0.2, -0.15) is 0 Å². The van der Waals surface area contributed by atoms with Crippen molar-refractivity contribution in [3.8, 4) is 22.3 Å². The van der Waals surface area contributed by atoms with Crippen LogP contribution in [0.4, 0.5) is 0 Å². The van der Waals surface area contributed by atoms with Gasteiger partial charge in [-0.15, -0.1) is 0 Å². The smallest absolute Gasteiger partial charge is 0.160 e. The topological polar surface area (TPSA) is 49.9 Å². The molecule has 59 heavy (non-hydrogen) atoms. The summed E-state index contributed by atoms with van der Waals surface area (Å²) in [4.78, 5) is 10.9. The number of benzene rings is 10. The Morgan fingerprint density at radius 3 is 1.90 bits per heavy atom. The van der Waals surface area contributed by atoms with E-state index in [1.54, 1.807) is 0 Å². The monoisotopic (exact) mass is 753 g/mol. The molecule has 1 aliphatic rings. The number of rotatable bonds is 5. The van der Waals surface area contributed by atoms with Gasteiger partial charge in [0.1, 0.15) is 23.2 Å². The zero-order valence-electron chi connectivity index (χ0n) is 31.9. The lowest BCUT2D eigenvalue weighted by molar-refractivity contribution is 0.669. The van der Waals surface area contributed by atoms with Crippen LogP contribution in [0, 0.1) is 0 Å². The van der Waals surface area contributed by atoms with Crippen LogP contribution in [0.1, 0.15) is 22.9 Å². The number of hydrogen-bond acceptors (Lipinski definition) is 4. The molecule has 276 valence electrons. The first-order valence-corrected chi connectivity index (χ1v) is 20.1. The van der Waals surface area contributed by atoms with Gasteiger partial charge < -0.3 is 9.73 Å². The summed E-state index contributed by atoms with van der Waals surface area (Å²) in [5.41, 5.74) is 9.51. The molecule has 0 bridgehead atoms. The molecule has 0 fully saturated rings. The average molecular weight is 754 g/mol. The second kappa shape index (κ2) is 13.4. The molecule has 1 atom stereocenters. The Morgan fingerprint density at radius 2 is 1.02 bits per heavy atom. The molecule has 0 aliphatic carbocycles. The first-order valence-electron chi connectivity index (χ1n) is 20.1. The van der Waals surface area contributed by atoms with Crippen molar-refractivity contribution in [3.05, 3.63) is 217 Å². The third-order valence-corrected chi connectivity index (χ3v) is 12.0. The van der Waals surface area contributed by atoms with Crippen LogP contribution in [0.15, 0.2) is 215 Å². The minimum atomic E-state index is -0.399. The van der Waals surface area contributed by atoms with Gasteiger partial charge in [0.25, 0.3) is 0 Å². The van der Waals surface area contributed by atoms with Crippen LogP contribution in [-0.4, -0.2) is 11.7 Å².